The van der Waals surface area contributed by atoms with Crippen LogP contribution in [0.1, 0.15) is 212 Å². The zero-order valence-corrected chi connectivity index (χ0v) is 41.1. The number of aryl methyl sites for hydroxylation is 1. The van der Waals surface area contributed by atoms with Crippen LogP contribution in [-0.2, 0) is 53.5 Å². The first-order chi connectivity index (χ1) is 31.5. The summed E-state index contributed by atoms with van der Waals surface area (Å²) < 4.78 is 34.0. The lowest BCUT2D eigenvalue weighted by atomic mass is 10.0. The Bertz CT molecular complexity index is 1520. The minimum absolute atomic E-state index is 0.0400. The van der Waals surface area contributed by atoms with Crippen molar-refractivity contribution in [1.82, 2.24) is 5.32 Å². The van der Waals surface area contributed by atoms with Gasteiger partial charge < -0.3 is 19.7 Å². The van der Waals surface area contributed by atoms with E-state index in [-0.39, 0.29) is 56.7 Å². The first kappa shape index (κ1) is 57.7. The van der Waals surface area contributed by atoms with Crippen molar-refractivity contribution in [3.05, 3.63) is 42.0 Å². The number of esters is 2. The number of anilines is 1. The molecule has 1 aromatic carbocycles. The van der Waals surface area contributed by atoms with Gasteiger partial charge in [0.05, 0.1) is 18.9 Å². The molecule has 0 spiro atoms. The minimum atomic E-state index is -4.61. The third-order valence-electron chi connectivity index (χ3n) is 11.7. The molecule has 1 heterocycles. The van der Waals surface area contributed by atoms with Crippen molar-refractivity contribution in [1.29, 1.82) is 0 Å². The highest BCUT2D eigenvalue weighted by Crippen LogP contribution is 2.43. The summed E-state index contributed by atoms with van der Waals surface area (Å²) in [4.78, 5) is 73.0. The van der Waals surface area contributed by atoms with E-state index in [4.69, 9.17) is 18.5 Å². The van der Waals surface area contributed by atoms with Crippen LogP contribution in [0.15, 0.2) is 36.4 Å². The molecule has 1 aliphatic rings. The summed E-state index contributed by atoms with van der Waals surface area (Å²) in [6, 6.07) is 6.98. The summed E-state index contributed by atoms with van der Waals surface area (Å²) in [7, 11) is -4.61. The Hall–Kier alpha value is -3.38. The molecular weight excluding hydrogens is 848 g/mol. The molecule has 0 fully saturated rings. The number of unbranched alkanes of at least 4 members (excludes halogenated alkanes) is 24. The summed E-state index contributed by atoms with van der Waals surface area (Å²) in [6.07, 6.45) is 34.0. The number of ether oxygens (including phenoxy) is 2. The molecule has 370 valence electrons. The molecule has 2 unspecified atom stereocenters. The van der Waals surface area contributed by atoms with Crippen LogP contribution in [0.4, 0.5) is 5.69 Å². The van der Waals surface area contributed by atoms with Crippen LogP contribution < -0.4 is 10.2 Å². The number of hydrogen-bond acceptors (Lipinski definition) is 10. The lowest BCUT2D eigenvalue weighted by Gasteiger charge is -2.20. The molecule has 1 aliphatic heterocycles. The third kappa shape index (κ3) is 30.5. The highest BCUT2D eigenvalue weighted by molar-refractivity contribution is 7.47. The van der Waals surface area contributed by atoms with Crippen molar-refractivity contribution in [3.63, 3.8) is 0 Å². The van der Waals surface area contributed by atoms with Gasteiger partial charge in [0.15, 0.2) is 6.10 Å². The van der Waals surface area contributed by atoms with Gasteiger partial charge in [0.25, 0.3) is 11.8 Å². The number of nitrogens with one attached hydrogen (secondary N) is 1. The molecule has 1 aromatic rings. The Morgan fingerprint density at radius 1 is 0.585 bits per heavy atom. The van der Waals surface area contributed by atoms with Crippen LogP contribution in [0, 0.1) is 0 Å². The molecule has 2 N–H and O–H groups in total. The summed E-state index contributed by atoms with van der Waals surface area (Å²) in [5, 5.41) is 2.65. The van der Waals surface area contributed by atoms with Crippen LogP contribution in [0.3, 0.4) is 0 Å². The number of imide groups is 1. The predicted octanol–water partition coefficient (Wildman–Crippen LogP) is 12.1. The normalized spacial score (nSPS) is 13.9. The number of phosphoric acid groups is 1. The van der Waals surface area contributed by atoms with E-state index in [1.54, 1.807) is 24.3 Å². The number of benzene rings is 1. The average molecular weight is 933 g/mol. The quantitative estimate of drug-likeness (QED) is 0.0276. The lowest BCUT2D eigenvalue weighted by molar-refractivity contribution is -0.161. The van der Waals surface area contributed by atoms with Gasteiger partial charge in [0.1, 0.15) is 6.61 Å². The first-order valence-corrected chi connectivity index (χ1v) is 26.9. The Kier molecular flexibility index (Phi) is 33.5. The second kappa shape index (κ2) is 37.7. The van der Waals surface area contributed by atoms with Crippen molar-refractivity contribution < 1.29 is 52.0 Å². The van der Waals surface area contributed by atoms with Gasteiger partial charge in [-0.3, -0.25) is 33.0 Å². The smallest absolute Gasteiger partial charge is 0.462 e. The Morgan fingerprint density at radius 2 is 1.03 bits per heavy atom. The zero-order valence-electron chi connectivity index (χ0n) is 40.2. The van der Waals surface area contributed by atoms with Crippen molar-refractivity contribution in [2.45, 2.75) is 219 Å². The number of carbonyl (C=O) groups is 5. The maximum atomic E-state index is 12.8. The molecule has 0 saturated carbocycles. The number of carbonyl (C=O) groups excluding carboxylic acids is 5. The average Bonchev–Trinajstić information content (AvgIpc) is 3.63. The van der Waals surface area contributed by atoms with Crippen LogP contribution in [0.2, 0.25) is 0 Å². The monoisotopic (exact) mass is 933 g/mol. The van der Waals surface area contributed by atoms with Gasteiger partial charge in [-0.1, -0.05) is 180 Å². The van der Waals surface area contributed by atoms with Crippen LogP contribution in [-0.4, -0.2) is 67.0 Å². The maximum absolute atomic E-state index is 12.8. The van der Waals surface area contributed by atoms with Gasteiger partial charge in [-0.25, -0.2) is 9.46 Å². The largest absolute Gasteiger partial charge is 0.472 e. The topological polar surface area (TPSA) is 175 Å². The molecule has 13 nitrogen and oxygen atoms in total. The summed E-state index contributed by atoms with van der Waals surface area (Å²) in [6.45, 7) is 3.31. The van der Waals surface area contributed by atoms with Gasteiger partial charge in [-0.2, -0.15) is 0 Å². The van der Waals surface area contributed by atoms with Crippen LogP contribution >= 0.6 is 7.82 Å². The standard InChI is InChI=1S/C51H85N2O11P/c1-3-5-7-9-11-13-15-17-19-21-23-25-27-32-50(57)61-42-46(64-51(58)33-28-26-24-22-20-18-16-14-12-10-8-6-4-2)43-63-65(59,60)62-41-40-52-47(54)31-29-30-44-34-36-45(37-35-44)53-48(55)38-39-49(53)56/h34-39,46H,3-33,40-43H2,1-2H3,(H,52,54)(H,59,60). The summed E-state index contributed by atoms with van der Waals surface area (Å²) in [5.74, 6) is -1.96. The summed E-state index contributed by atoms with van der Waals surface area (Å²) in [5.41, 5.74) is 1.41. The predicted molar refractivity (Wildman–Crippen MR) is 257 cm³/mol. The number of phosphoric ester groups is 1. The first-order valence-electron chi connectivity index (χ1n) is 25.4. The van der Waals surface area contributed by atoms with Crippen molar-refractivity contribution >= 4 is 43.2 Å². The lowest BCUT2D eigenvalue weighted by Crippen LogP contribution is -2.30. The molecular formula is C51H85N2O11P. The molecule has 0 aromatic heterocycles. The minimum Gasteiger partial charge on any atom is -0.462 e. The third-order valence-corrected chi connectivity index (χ3v) is 12.7. The van der Waals surface area contributed by atoms with E-state index in [2.05, 4.69) is 19.2 Å². The molecule has 0 bridgehead atoms. The van der Waals surface area contributed by atoms with Gasteiger partial charge in [0, 0.05) is 38.0 Å². The maximum Gasteiger partial charge on any atom is 0.472 e. The van der Waals surface area contributed by atoms with Crippen LogP contribution in [0.25, 0.3) is 0 Å². The van der Waals surface area contributed by atoms with E-state index < -0.39 is 32.5 Å². The van der Waals surface area contributed by atoms with E-state index in [1.165, 1.54) is 128 Å². The van der Waals surface area contributed by atoms with E-state index >= 15 is 0 Å². The molecule has 14 heteroatoms. The molecule has 0 saturated heterocycles. The zero-order chi connectivity index (χ0) is 47.2. The molecule has 0 aliphatic carbocycles. The number of rotatable bonds is 43. The van der Waals surface area contributed by atoms with Gasteiger partial charge in [-0.05, 0) is 43.4 Å². The van der Waals surface area contributed by atoms with Gasteiger partial charge in [-0.15, -0.1) is 0 Å². The molecule has 2 atom stereocenters. The molecule has 0 radical (unpaired) electrons. The molecule has 2 rings (SSSR count). The fraction of sp³-hybridized carbons (Fsp3) is 0.745. The molecule has 65 heavy (non-hydrogen) atoms. The SMILES string of the molecule is CCCCCCCCCCCCCCCC(=O)OCC(COP(=O)(O)OCCNC(=O)CCCc1ccc(N2C(=O)C=CC2=O)cc1)OC(=O)CCCCCCCCCCCCCCC. The number of amides is 3. The van der Waals surface area contributed by atoms with Gasteiger partial charge >= 0.3 is 19.8 Å². The highest BCUT2D eigenvalue weighted by Gasteiger charge is 2.27. The fourth-order valence-corrected chi connectivity index (χ4v) is 8.52. The number of hydrogen-bond donors (Lipinski definition) is 2. The van der Waals surface area contributed by atoms with E-state index in [9.17, 15) is 33.4 Å². The molecule has 3 amide bonds. The van der Waals surface area contributed by atoms with Crippen LogP contribution in [0.5, 0.6) is 0 Å². The Labute approximate surface area is 391 Å². The van der Waals surface area contributed by atoms with Gasteiger partial charge in [0.2, 0.25) is 5.91 Å². The van der Waals surface area contributed by atoms with Crippen molar-refractivity contribution in [2.24, 2.45) is 0 Å². The second-order valence-corrected chi connectivity index (χ2v) is 19.0. The van der Waals surface area contributed by atoms with Crippen molar-refractivity contribution in [3.8, 4) is 0 Å². The van der Waals surface area contributed by atoms with E-state index in [0.29, 0.717) is 31.4 Å². The van der Waals surface area contributed by atoms with E-state index in [1.807, 2.05) is 0 Å². The number of nitrogens with zero attached hydrogens (tertiary/aromatic N) is 1. The Morgan fingerprint density at radius 3 is 1.51 bits per heavy atom. The fourth-order valence-electron chi connectivity index (χ4n) is 7.77. The van der Waals surface area contributed by atoms with E-state index in [0.717, 1.165) is 49.0 Å². The second-order valence-electron chi connectivity index (χ2n) is 17.6. The Balaban J connectivity index is 1.68. The van der Waals surface area contributed by atoms with Crippen molar-refractivity contribution in [2.75, 3.05) is 31.3 Å². The highest BCUT2D eigenvalue weighted by atomic mass is 31.2. The summed E-state index contributed by atoms with van der Waals surface area (Å²) >= 11 is 0.